The van der Waals surface area contributed by atoms with Gasteiger partial charge in [-0.1, -0.05) is 20.3 Å². The molecule has 0 spiro atoms. The molecule has 0 amide bonds. The summed E-state index contributed by atoms with van der Waals surface area (Å²) in [7, 11) is 0. The van der Waals surface area contributed by atoms with Crippen LogP contribution in [0.3, 0.4) is 0 Å². The molecule has 0 aromatic rings. The molecule has 0 radical (unpaired) electrons. The monoisotopic (exact) mass is 237 g/mol. The second-order valence-corrected chi connectivity index (χ2v) is 7.82. The molecular formula is C16H31N. The van der Waals surface area contributed by atoms with Crippen molar-refractivity contribution in [3.63, 3.8) is 0 Å². The van der Waals surface area contributed by atoms with Crippen molar-refractivity contribution in [1.29, 1.82) is 0 Å². The summed E-state index contributed by atoms with van der Waals surface area (Å²) in [5.41, 5.74) is 0.903. The predicted molar refractivity (Wildman–Crippen MR) is 75.2 cm³/mol. The Morgan fingerprint density at radius 3 is 2.06 bits per heavy atom. The number of hydrogen-bond donors (Lipinski definition) is 1. The Bertz CT molecular complexity index is 246. The highest BCUT2D eigenvalue weighted by molar-refractivity contribution is 4.89. The first-order valence-corrected chi connectivity index (χ1v) is 7.64. The zero-order valence-electron chi connectivity index (χ0n) is 12.3. The van der Waals surface area contributed by atoms with Crippen molar-refractivity contribution in [2.24, 2.45) is 17.3 Å². The standard InChI is InChI=1S/C16H31N/c1-15(2,14-6-5-7-14)10-11-16(3,4)17-12-13-8-9-13/h13-14,17H,5-12H2,1-4H3. The lowest BCUT2D eigenvalue weighted by atomic mass is 9.64. The maximum atomic E-state index is 3.77. The van der Waals surface area contributed by atoms with Crippen molar-refractivity contribution >= 4 is 0 Å². The minimum Gasteiger partial charge on any atom is -0.312 e. The van der Waals surface area contributed by atoms with E-state index in [0.717, 1.165) is 11.8 Å². The van der Waals surface area contributed by atoms with Crippen LogP contribution in [0, 0.1) is 17.3 Å². The smallest absolute Gasteiger partial charge is 0.0125 e. The highest BCUT2D eigenvalue weighted by Gasteiger charge is 2.35. The maximum Gasteiger partial charge on any atom is 0.0125 e. The first-order valence-electron chi connectivity index (χ1n) is 7.64. The molecular weight excluding hydrogens is 206 g/mol. The van der Waals surface area contributed by atoms with Crippen LogP contribution in [-0.2, 0) is 0 Å². The van der Waals surface area contributed by atoms with Gasteiger partial charge in [0.05, 0.1) is 0 Å². The van der Waals surface area contributed by atoms with Gasteiger partial charge in [-0.15, -0.1) is 0 Å². The largest absolute Gasteiger partial charge is 0.312 e. The zero-order valence-corrected chi connectivity index (χ0v) is 12.3. The van der Waals surface area contributed by atoms with Crippen LogP contribution < -0.4 is 5.32 Å². The van der Waals surface area contributed by atoms with Gasteiger partial charge in [0.2, 0.25) is 0 Å². The van der Waals surface area contributed by atoms with Gasteiger partial charge in [-0.2, -0.15) is 0 Å². The first kappa shape index (κ1) is 13.4. The van der Waals surface area contributed by atoms with Gasteiger partial charge in [0.15, 0.2) is 0 Å². The van der Waals surface area contributed by atoms with E-state index in [2.05, 4.69) is 33.0 Å². The van der Waals surface area contributed by atoms with Crippen LogP contribution >= 0.6 is 0 Å². The van der Waals surface area contributed by atoms with Gasteiger partial charge in [0.25, 0.3) is 0 Å². The summed E-state index contributed by atoms with van der Waals surface area (Å²) in [5.74, 6) is 2.00. The van der Waals surface area contributed by atoms with Gasteiger partial charge in [-0.05, 0) is 76.2 Å². The summed E-state index contributed by atoms with van der Waals surface area (Å²) < 4.78 is 0. The van der Waals surface area contributed by atoms with E-state index in [-0.39, 0.29) is 0 Å². The summed E-state index contributed by atoms with van der Waals surface area (Å²) in [5, 5.41) is 3.77. The van der Waals surface area contributed by atoms with Crippen molar-refractivity contribution in [2.45, 2.75) is 78.2 Å². The van der Waals surface area contributed by atoms with Crippen LogP contribution in [0.5, 0.6) is 0 Å². The molecule has 0 saturated heterocycles. The zero-order chi connectivity index (χ0) is 12.5. The molecule has 17 heavy (non-hydrogen) atoms. The molecule has 2 aliphatic carbocycles. The van der Waals surface area contributed by atoms with Crippen molar-refractivity contribution in [3.05, 3.63) is 0 Å². The molecule has 0 aliphatic heterocycles. The second-order valence-electron chi connectivity index (χ2n) is 7.82. The molecule has 0 unspecified atom stereocenters. The summed E-state index contributed by atoms with van der Waals surface area (Å²) in [6.45, 7) is 11.0. The van der Waals surface area contributed by atoms with Crippen LogP contribution in [0.2, 0.25) is 0 Å². The molecule has 2 saturated carbocycles. The Kier molecular flexibility index (Phi) is 3.87. The van der Waals surface area contributed by atoms with E-state index in [1.54, 1.807) is 0 Å². The number of nitrogens with one attached hydrogen (secondary N) is 1. The Hall–Kier alpha value is -0.0400. The second kappa shape index (κ2) is 4.91. The molecule has 0 atom stereocenters. The van der Waals surface area contributed by atoms with Gasteiger partial charge < -0.3 is 5.32 Å². The Morgan fingerprint density at radius 1 is 0.941 bits per heavy atom. The summed E-state index contributed by atoms with van der Waals surface area (Å²) in [6, 6.07) is 0. The van der Waals surface area contributed by atoms with Crippen molar-refractivity contribution in [3.8, 4) is 0 Å². The molecule has 1 N–H and O–H groups in total. The van der Waals surface area contributed by atoms with E-state index < -0.39 is 0 Å². The minimum atomic E-state index is 0.337. The lowest BCUT2D eigenvalue weighted by Gasteiger charge is -2.42. The Balaban J connectivity index is 1.70. The molecule has 0 aromatic carbocycles. The summed E-state index contributed by atoms with van der Waals surface area (Å²) in [4.78, 5) is 0. The molecule has 0 bridgehead atoms. The maximum absolute atomic E-state index is 3.77. The average Bonchev–Trinajstić information content (AvgIpc) is 2.92. The molecule has 0 heterocycles. The summed E-state index contributed by atoms with van der Waals surface area (Å²) in [6.07, 6.45) is 10.0. The lowest BCUT2D eigenvalue weighted by molar-refractivity contribution is 0.0983. The van der Waals surface area contributed by atoms with E-state index in [0.29, 0.717) is 11.0 Å². The predicted octanol–water partition coefficient (Wildman–Crippen LogP) is 4.37. The van der Waals surface area contributed by atoms with E-state index in [1.807, 2.05) is 0 Å². The fraction of sp³-hybridized carbons (Fsp3) is 1.00. The van der Waals surface area contributed by atoms with Crippen LogP contribution in [0.15, 0.2) is 0 Å². The SMILES string of the molecule is CC(C)(CCC(C)(C)C1CCC1)NCC1CC1. The van der Waals surface area contributed by atoms with Gasteiger partial charge in [-0.25, -0.2) is 0 Å². The molecule has 1 heteroatoms. The van der Waals surface area contributed by atoms with E-state index >= 15 is 0 Å². The molecule has 0 aromatic heterocycles. The molecule has 2 aliphatic rings. The van der Waals surface area contributed by atoms with E-state index in [4.69, 9.17) is 0 Å². The normalized spacial score (nSPS) is 22.6. The first-order chi connectivity index (χ1) is 7.89. The van der Waals surface area contributed by atoms with Gasteiger partial charge in [0.1, 0.15) is 0 Å². The third kappa shape index (κ3) is 3.98. The minimum absolute atomic E-state index is 0.337. The highest BCUT2D eigenvalue weighted by atomic mass is 15.0. The number of rotatable bonds is 7. The topological polar surface area (TPSA) is 12.0 Å². The average molecular weight is 237 g/mol. The third-order valence-corrected chi connectivity index (χ3v) is 5.17. The fourth-order valence-electron chi connectivity index (χ4n) is 2.86. The molecule has 1 nitrogen and oxygen atoms in total. The van der Waals surface area contributed by atoms with Crippen LogP contribution in [-0.4, -0.2) is 12.1 Å². The van der Waals surface area contributed by atoms with Crippen molar-refractivity contribution in [2.75, 3.05) is 6.54 Å². The molecule has 2 fully saturated rings. The number of hydrogen-bond acceptors (Lipinski definition) is 1. The lowest BCUT2D eigenvalue weighted by Crippen LogP contribution is -2.42. The third-order valence-electron chi connectivity index (χ3n) is 5.17. The van der Waals surface area contributed by atoms with Crippen LogP contribution in [0.25, 0.3) is 0 Å². The summed E-state index contributed by atoms with van der Waals surface area (Å²) >= 11 is 0. The van der Waals surface area contributed by atoms with Crippen molar-refractivity contribution in [1.82, 2.24) is 5.32 Å². The quantitative estimate of drug-likeness (QED) is 0.693. The Morgan fingerprint density at radius 2 is 1.59 bits per heavy atom. The highest BCUT2D eigenvalue weighted by Crippen LogP contribution is 2.45. The van der Waals surface area contributed by atoms with E-state index in [9.17, 15) is 0 Å². The molecule has 100 valence electrons. The van der Waals surface area contributed by atoms with Gasteiger partial charge in [-0.3, -0.25) is 0 Å². The van der Waals surface area contributed by atoms with Gasteiger partial charge >= 0.3 is 0 Å². The van der Waals surface area contributed by atoms with Crippen LogP contribution in [0.1, 0.15) is 72.6 Å². The van der Waals surface area contributed by atoms with Crippen molar-refractivity contribution < 1.29 is 0 Å². The van der Waals surface area contributed by atoms with E-state index in [1.165, 1.54) is 51.5 Å². The van der Waals surface area contributed by atoms with Gasteiger partial charge in [0, 0.05) is 5.54 Å². The Labute approximate surface area is 108 Å². The fourth-order valence-corrected chi connectivity index (χ4v) is 2.86. The molecule has 2 rings (SSSR count). The van der Waals surface area contributed by atoms with Crippen LogP contribution in [0.4, 0.5) is 0 Å².